The van der Waals surface area contributed by atoms with Crippen molar-refractivity contribution in [2.45, 2.75) is 20.0 Å². The van der Waals surface area contributed by atoms with Crippen LogP contribution in [0.5, 0.6) is 0 Å². The van der Waals surface area contributed by atoms with Crippen LogP contribution in [0.15, 0.2) is 71.1 Å². The van der Waals surface area contributed by atoms with E-state index in [4.69, 9.17) is 16.0 Å². The fraction of sp³-hybridized carbons (Fsp3) is 0.130. The number of benzene rings is 3. The van der Waals surface area contributed by atoms with E-state index in [1.807, 2.05) is 43.4 Å². The molecule has 1 aromatic heterocycles. The predicted octanol–water partition coefficient (Wildman–Crippen LogP) is 7.34. The van der Waals surface area contributed by atoms with Gasteiger partial charge >= 0.3 is 12.1 Å². The first-order chi connectivity index (χ1) is 14.8. The number of oxazole rings is 1. The van der Waals surface area contributed by atoms with Crippen LogP contribution in [0.3, 0.4) is 0 Å². The van der Waals surface area contributed by atoms with Crippen LogP contribution < -0.4 is 5.32 Å². The average molecular weight is 447 g/mol. The minimum Gasteiger partial charge on any atom is -0.436 e. The summed E-state index contributed by atoms with van der Waals surface area (Å²) < 4.78 is 42.7. The Bertz CT molecular complexity index is 1180. The number of fused-ring (bicyclic) bond motifs is 1. The summed E-state index contributed by atoms with van der Waals surface area (Å²) >= 11 is 5.96. The molecule has 1 N–H and O–H groups in total. The van der Waals surface area contributed by atoms with Gasteiger partial charge in [-0.25, -0.2) is 4.98 Å². The number of nitrogens with zero attached hydrogens (tertiary/aromatic N) is 1. The SMILES string of the molecule is CC.O=C(Nc1ccc(-c2ccc(-c3nc4ccc(Cl)cc4o3)cc2)cc1)C(F)(F)F. The molecule has 4 nitrogen and oxygen atoms in total. The molecule has 4 rings (SSSR count). The van der Waals surface area contributed by atoms with Gasteiger partial charge in [0.2, 0.25) is 5.89 Å². The van der Waals surface area contributed by atoms with Crippen molar-refractivity contribution in [2.24, 2.45) is 0 Å². The average Bonchev–Trinajstić information content (AvgIpc) is 3.18. The van der Waals surface area contributed by atoms with Gasteiger partial charge in [0.15, 0.2) is 5.58 Å². The zero-order chi connectivity index (χ0) is 22.6. The van der Waals surface area contributed by atoms with E-state index in [1.165, 1.54) is 12.1 Å². The molecule has 8 heteroatoms. The molecular weight excluding hydrogens is 429 g/mol. The molecule has 0 spiro atoms. The molecule has 0 atom stereocenters. The first kappa shape index (κ1) is 22.4. The van der Waals surface area contributed by atoms with Crippen LogP contribution in [0.1, 0.15) is 13.8 Å². The van der Waals surface area contributed by atoms with E-state index in [-0.39, 0.29) is 5.69 Å². The van der Waals surface area contributed by atoms with Crippen molar-refractivity contribution in [1.82, 2.24) is 4.98 Å². The van der Waals surface area contributed by atoms with Crippen LogP contribution in [0.4, 0.5) is 18.9 Å². The molecule has 0 saturated heterocycles. The number of amides is 1. The smallest absolute Gasteiger partial charge is 0.436 e. The minimum atomic E-state index is -4.93. The molecule has 0 bridgehead atoms. The van der Waals surface area contributed by atoms with Gasteiger partial charge < -0.3 is 9.73 Å². The third-order valence-corrected chi connectivity index (χ3v) is 4.45. The second kappa shape index (κ2) is 9.22. The Kier molecular flexibility index (Phi) is 6.65. The third-order valence-electron chi connectivity index (χ3n) is 4.22. The highest BCUT2D eigenvalue weighted by atomic mass is 35.5. The van der Waals surface area contributed by atoms with Crippen LogP contribution in [-0.4, -0.2) is 17.1 Å². The molecule has 4 aromatic rings. The summed E-state index contributed by atoms with van der Waals surface area (Å²) in [5, 5.41) is 2.37. The van der Waals surface area contributed by atoms with Crippen molar-refractivity contribution in [2.75, 3.05) is 5.32 Å². The zero-order valence-electron chi connectivity index (χ0n) is 16.6. The number of carbonyl (C=O) groups is 1. The van der Waals surface area contributed by atoms with E-state index in [2.05, 4.69) is 4.98 Å². The molecule has 3 aromatic carbocycles. The Morgan fingerprint density at radius 1 is 0.903 bits per heavy atom. The number of carbonyl (C=O) groups excluding carboxylic acids is 1. The van der Waals surface area contributed by atoms with Gasteiger partial charge in [0, 0.05) is 22.3 Å². The summed E-state index contributed by atoms with van der Waals surface area (Å²) in [6, 6.07) is 18.7. The maximum atomic E-state index is 12.3. The third kappa shape index (κ3) is 5.24. The minimum absolute atomic E-state index is 0.0674. The highest BCUT2D eigenvalue weighted by molar-refractivity contribution is 6.31. The number of hydrogen-bond acceptors (Lipinski definition) is 3. The summed E-state index contributed by atoms with van der Waals surface area (Å²) in [5.74, 6) is -1.55. The van der Waals surface area contributed by atoms with Gasteiger partial charge in [0.25, 0.3) is 0 Å². The summed E-state index contributed by atoms with van der Waals surface area (Å²) in [7, 11) is 0. The van der Waals surface area contributed by atoms with Gasteiger partial charge in [0.1, 0.15) is 5.52 Å². The fourth-order valence-corrected chi connectivity index (χ4v) is 2.94. The molecular formula is C23H18ClF3N2O2. The monoisotopic (exact) mass is 446 g/mol. The van der Waals surface area contributed by atoms with E-state index in [0.717, 1.165) is 16.7 Å². The first-order valence-electron chi connectivity index (χ1n) is 9.45. The standard InChI is InChI=1S/C21H12ClF3N2O2.C2H6/c22-15-7-10-17-18(11-15)29-19(27-17)14-3-1-12(2-4-14)13-5-8-16(9-6-13)26-20(28)21(23,24)25;1-2/h1-11H,(H,26,28);1-2H3. The lowest BCUT2D eigenvalue weighted by atomic mass is 10.0. The van der Waals surface area contributed by atoms with E-state index in [0.29, 0.717) is 22.0 Å². The molecule has 1 amide bonds. The molecule has 31 heavy (non-hydrogen) atoms. The van der Waals surface area contributed by atoms with Crippen LogP contribution in [0.25, 0.3) is 33.7 Å². The van der Waals surface area contributed by atoms with Gasteiger partial charge in [-0.3, -0.25) is 4.79 Å². The van der Waals surface area contributed by atoms with Gasteiger partial charge in [-0.1, -0.05) is 49.7 Å². The number of hydrogen-bond donors (Lipinski definition) is 1. The lowest BCUT2D eigenvalue weighted by Crippen LogP contribution is -2.29. The van der Waals surface area contributed by atoms with Crippen molar-refractivity contribution < 1.29 is 22.4 Å². The lowest BCUT2D eigenvalue weighted by molar-refractivity contribution is -0.167. The van der Waals surface area contributed by atoms with Gasteiger partial charge in [-0.05, 0) is 47.5 Å². The van der Waals surface area contributed by atoms with E-state index < -0.39 is 12.1 Å². The Balaban J connectivity index is 0.00000132. The van der Waals surface area contributed by atoms with Gasteiger partial charge in [0.05, 0.1) is 0 Å². The lowest BCUT2D eigenvalue weighted by Gasteiger charge is -2.09. The second-order valence-electron chi connectivity index (χ2n) is 6.24. The molecule has 0 aliphatic carbocycles. The molecule has 0 aliphatic rings. The van der Waals surface area contributed by atoms with Crippen LogP contribution in [0, 0.1) is 0 Å². The van der Waals surface area contributed by atoms with Gasteiger partial charge in [-0.2, -0.15) is 13.2 Å². The van der Waals surface area contributed by atoms with Crippen LogP contribution in [-0.2, 0) is 4.79 Å². The first-order valence-corrected chi connectivity index (χ1v) is 9.82. The molecule has 0 fully saturated rings. The van der Waals surface area contributed by atoms with E-state index in [1.54, 1.807) is 30.3 Å². The number of halogens is 4. The summed E-state index contributed by atoms with van der Waals surface area (Å²) in [4.78, 5) is 15.4. The molecule has 0 unspecified atom stereocenters. The number of aromatic nitrogens is 1. The van der Waals surface area contributed by atoms with Crippen molar-refractivity contribution in [3.05, 3.63) is 71.8 Å². The topological polar surface area (TPSA) is 55.1 Å². The van der Waals surface area contributed by atoms with E-state index >= 15 is 0 Å². The van der Waals surface area contributed by atoms with Crippen LogP contribution >= 0.6 is 11.6 Å². The number of anilines is 1. The predicted molar refractivity (Wildman–Crippen MR) is 116 cm³/mol. The highest BCUT2D eigenvalue weighted by Crippen LogP contribution is 2.29. The molecule has 0 saturated carbocycles. The van der Waals surface area contributed by atoms with Crippen molar-refractivity contribution in [3.8, 4) is 22.6 Å². The Hall–Kier alpha value is -3.32. The van der Waals surface area contributed by atoms with Crippen LogP contribution in [0.2, 0.25) is 5.02 Å². The molecule has 1 heterocycles. The number of alkyl halides is 3. The van der Waals surface area contributed by atoms with Crippen molar-refractivity contribution in [3.63, 3.8) is 0 Å². The molecule has 0 aliphatic heterocycles. The summed E-state index contributed by atoms with van der Waals surface area (Å²) in [5.41, 5.74) is 3.76. The Labute approximate surface area is 181 Å². The Morgan fingerprint density at radius 2 is 1.45 bits per heavy atom. The largest absolute Gasteiger partial charge is 0.471 e. The van der Waals surface area contributed by atoms with Crippen molar-refractivity contribution >= 4 is 34.3 Å². The quantitative estimate of drug-likeness (QED) is 0.358. The van der Waals surface area contributed by atoms with Gasteiger partial charge in [-0.15, -0.1) is 0 Å². The van der Waals surface area contributed by atoms with Crippen molar-refractivity contribution in [1.29, 1.82) is 0 Å². The van der Waals surface area contributed by atoms with E-state index in [9.17, 15) is 18.0 Å². The molecule has 0 radical (unpaired) electrons. The fourth-order valence-electron chi connectivity index (χ4n) is 2.78. The maximum absolute atomic E-state index is 12.3. The molecule has 160 valence electrons. The zero-order valence-corrected chi connectivity index (χ0v) is 17.4. The number of rotatable bonds is 3. The normalized spacial score (nSPS) is 11.0. The highest BCUT2D eigenvalue weighted by Gasteiger charge is 2.38. The maximum Gasteiger partial charge on any atom is 0.471 e. The Morgan fingerprint density at radius 3 is 2.03 bits per heavy atom. The summed E-state index contributed by atoms with van der Waals surface area (Å²) in [6.45, 7) is 4.00. The number of nitrogens with one attached hydrogen (secondary N) is 1. The second-order valence-corrected chi connectivity index (χ2v) is 6.67. The summed E-state index contributed by atoms with van der Waals surface area (Å²) in [6.07, 6.45) is -4.93.